The van der Waals surface area contributed by atoms with Gasteiger partial charge in [-0.1, -0.05) is 13.3 Å². The molecule has 1 aromatic carbocycles. The third-order valence-electron chi connectivity index (χ3n) is 7.32. The van der Waals surface area contributed by atoms with E-state index in [-0.39, 0.29) is 29.7 Å². The molecule has 0 bridgehead atoms. The van der Waals surface area contributed by atoms with E-state index in [0.717, 1.165) is 12.8 Å². The fourth-order valence-corrected chi connectivity index (χ4v) is 5.68. The quantitative estimate of drug-likeness (QED) is 0.292. The summed E-state index contributed by atoms with van der Waals surface area (Å²) in [6.45, 7) is 2.45. The molecule has 4 atom stereocenters. The molecule has 35 heavy (non-hydrogen) atoms. The molecule has 6 N–H and O–H groups in total. The predicted molar refractivity (Wildman–Crippen MR) is 125 cm³/mol. The SMILES string of the molecule is CCCCOc1ccc(O)c2c1C[C@@H]1C[C@@H]3[C@@H](N(C)C)C(=O)C(C(N)=O)=C(O)[C@]3(O)C(=O)C1=C2O. The number of nitrogens with two attached hydrogens (primary N) is 1. The molecule has 1 amide bonds. The van der Waals surface area contributed by atoms with E-state index in [1.165, 1.54) is 11.0 Å². The second-order valence-electron chi connectivity index (χ2n) is 9.60. The Bertz CT molecular complexity index is 1180. The number of nitrogens with zero attached hydrogens (tertiary/aromatic N) is 1. The molecule has 10 heteroatoms. The highest BCUT2D eigenvalue weighted by molar-refractivity contribution is 6.24. The Balaban J connectivity index is 1.91. The molecule has 0 saturated heterocycles. The van der Waals surface area contributed by atoms with Gasteiger partial charge < -0.3 is 30.9 Å². The summed E-state index contributed by atoms with van der Waals surface area (Å²) in [6, 6.07) is 1.84. The van der Waals surface area contributed by atoms with Gasteiger partial charge in [-0.15, -0.1) is 0 Å². The lowest BCUT2D eigenvalue weighted by atomic mass is 9.57. The summed E-state index contributed by atoms with van der Waals surface area (Å²) in [5.74, 6) is -6.25. The molecule has 1 aromatic rings. The van der Waals surface area contributed by atoms with Gasteiger partial charge in [0.15, 0.2) is 11.4 Å². The number of amides is 1. The number of carbonyl (C=O) groups excluding carboxylic acids is 3. The molecule has 0 aliphatic heterocycles. The van der Waals surface area contributed by atoms with E-state index in [1.54, 1.807) is 20.2 Å². The lowest BCUT2D eigenvalue weighted by Gasteiger charge is -2.50. The number of unbranched alkanes of at least 4 members (excludes halogenated alkanes) is 1. The molecule has 1 fully saturated rings. The summed E-state index contributed by atoms with van der Waals surface area (Å²) < 4.78 is 5.87. The van der Waals surface area contributed by atoms with E-state index in [1.807, 2.05) is 6.92 Å². The molecule has 3 aliphatic carbocycles. The third-order valence-corrected chi connectivity index (χ3v) is 7.32. The second kappa shape index (κ2) is 8.69. The molecule has 4 rings (SSSR count). The number of ketones is 2. The van der Waals surface area contributed by atoms with Crippen LogP contribution in [0.15, 0.2) is 29.0 Å². The summed E-state index contributed by atoms with van der Waals surface area (Å²) in [5.41, 5.74) is 2.20. The van der Waals surface area contributed by atoms with E-state index in [4.69, 9.17) is 10.5 Å². The summed E-state index contributed by atoms with van der Waals surface area (Å²) in [4.78, 5) is 40.3. The zero-order chi connectivity index (χ0) is 25.8. The topological polar surface area (TPSA) is 171 Å². The average molecular weight is 487 g/mol. The van der Waals surface area contributed by atoms with Crippen molar-refractivity contribution in [3.8, 4) is 11.5 Å². The first-order chi connectivity index (χ1) is 16.5. The van der Waals surface area contributed by atoms with Crippen molar-refractivity contribution in [1.29, 1.82) is 0 Å². The minimum atomic E-state index is -2.64. The minimum absolute atomic E-state index is 0.0234. The first kappa shape index (κ1) is 24.7. The van der Waals surface area contributed by atoms with Gasteiger partial charge >= 0.3 is 0 Å². The number of aliphatic hydroxyl groups is 3. The Labute approximate surface area is 202 Å². The van der Waals surface area contributed by atoms with Crippen LogP contribution >= 0.6 is 0 Å². The summed E-state index contributed by atoms with van der Waals surface area (Å²) in [5, 5.41) is 44.1. The number of aliphatic hydroxyl groups excluding tert-OH is 2. The number of likely N-dealkylation sites (N-methyl/N-ethyl adjacent to an activating group) is 1. The van der Waals surface area contributed by atoms with Crippen LogP contribution in [0.3, 0.4) is 0 Å². The van der Waals surface area contributed by atoms with Crippen molar-refractivity contribution in [2.24, 2.45) is 17.6 Å². The maximum absolute atomic E-state index is 13.7. The summed E-state index contributed by atoms with van der Waals surface area (Å²) >= 11 is 0. The molecule has 0 spiro atoms. The van der Waals surface area contributed by atoms with Crippen LogP contribution in [-0.2, 0) is 20.8 Å². The van der Waals surface area contributed by atoms with Crippen LogP contribution in [0.5, 0.6) is 11.5 Å². The number of primary amides is 1. The first-order valence-corrected chi connectivity index (χ1v) is 11.6. The van der Waals surface area contributed by atoms with Gasteiger partial charge in [0.1, 0.15) is 28.6 Å². The minimum Gasteiger partial charge on any atom is -0.508 e. The van der Waals surface area contributed by atoms with E-state index in [2.05, 4.69) is 0 Å². The van der Waals surface area contributed by atoms with Crippen LogP contribution in [0, 0.1) is 11.8 Å². The number of phenols is 1. The number of phenolic OH excluding ortho intramolecular Hbond substituents is 1. The number of Topliss-reactive ketones (excluding diaryl/α,β-unsaturated/α-hetero) is 2. The molecule has 1 saturated carbocycles. The molecule has 3 aliphatic rings. The number of hydrogen-bond acceptors (Lipinski definition) is 9. The van der Waals surface area contributed by atoms with Crippen molar-refractivity contribution in [3.63, 3.8) is 0 Å². The van der Waals surface area contributed by atoms with Gasteiger partial charge in [0.25, 0.3) is 5.91 Å². The zero-order valence-corrected chi connectivity index (χ0v) is 19.9. The summed E-state index contributed by atoms with van der Waals surface area (Å²) in [6.07, 6.45) is 1.96. The van der Waals surface area contributed by atoms with Crippen LogP contribution in [0.2, 0.25) is 0 Å². The number of benzene rings is 1. The Morgan fingerprint density at radius 3 is 2.51 bits per heavy atom. The smallest absolute Gasteiger partial charge is 0.255 e. The highest BCUT2D eigenvalue weighted by Crippen LogP contribution is 2.53. The Morgan fingerprint density at radius 2 is 1.91 bits per heavy atom. The molecule has 188 valence electrons. The van der Waals surface area contributed by atoms with Crippen molar-refractivity contribution < 1.29 is 39.5 Å². The Kier molecular flexibility index (Phi) is 6.14. The molecule has 0 heterocycles. The van der Waals surface area contributed by atoms with Crippen molar-refractivity contribution in [2.45, 2.75) is 44.2 Å². The van der Waals surface area contributed by atoms with Gasteiger partial charge in [0.05, 0.1) is 18.2 Å². The zero-order valence-electron chi connectivity index (χ0n) is 19.9. The lowest BCUT2D eigenvalue weighted by molar-refractivity contribution is -0.153. The number of carbonyl (C=O) groups is 3. The maximum atomic E-state index is 13.7. The fraction of sp³-hybridized carbons (Fsp3) is 0.480. The second-order valence-corrected chi connectivity index (χ2v) is 9.60. The van der Waals surface area contributed by atoms with Crippen LogP contribution in [0.4, 0.5) is 0 Å². The van der Waals surface area contributed by atoms with Crippen LogP contribution < -0.4 is 10.5 Å². The molecular weight excluding hydrogens is 456 g/mol. The van der Waals surface area contributed by atoms with Gasteiger partial charge in [-0.05, 0) is 51.4 Å². The van der Waals surface area contributed by atoms with E-state index in [0.29, 0.717) is 17.9 Å². The number of rotatable bonds is 6. The average Bonchev–Trinajstić information content (AvgIpc) is 2.77. The molecule has 10 nitrogen and oxygen atoms in total. The van der Waals surface area contributed by atoms with Gasteiger partial charge in [0.2, 0.25) is 5.78 Å². The van der Waals surface area contributed by atoms with E-state index < -0.39 is 58.0 Å². The summed E-state index contributed by atoms with van der Waals surface area (Å²) in [7, 11) is 3.12. The Hall–Kier alpha value is -3.37. The number of ether oxygens (including phenoxy) is 1. The van der Waals surface area contributed by atoms with Crippen molar-refractivity contribution in [3.05, 3.63) is 40.2 Å². The molecule has 0 unspecified atom stereocenters. The van der Waals surface area contributed by atoms with Crippen molar-refractivity contribution in [1.82, 2.24) is 4.90 Å². The standard InChI is InChI=1S/C25H30N2O8/c1-4-5-8-35-15-7-6-14(28)17-12(15)9-11-10-13-19(27(2)3)21(30)18(24(26)33)23(32)25(13,34)22(31)16(11)20(17)29/h6-7,11,13,19,28-29,32,34H,4-5,8-10H2,1-3H3,(H2,26,33)/t11-,13-,19-,25-/m1/s1. The van der Waals surface area contributed by atoms with E-state index >= 15 is 0 Å². The number of fused-ring (bicyclic) bond motifs is 3. The van der Waals surface area contributed by atoms with Crippen LogP contribution in [0.25, 0.3) is 5.76 Å². The highest BCUT2D eigenvalue weighted by atomic mass is 16.5. The number of aromatic hydroxyl groups is 1. The lowest BCUT2D eigenvalue weighted by Crippen LogP contribution is -2.65. The Morgan fingerprint density at radius 1 is 1.23 bits per heavy atom. The van der Waals surface area contributed by atoms with Crippen LogP contribution in [-0.4, -0.2) is 75.1 Å². The van der Waals surface area contributed by atoms with Crippen molar-refractivity contribution >= 4 is 23.2 Å². The van der Waals surface area contributed by atoms with Gasteiger partial charge in [-0.25, -0.2) is 0 Å². The molecule has 0 radical (unpaired) electrons. The first-order valence-electron chi connectivity index (χ1n) is 11.6. The monoisotopic (exact) mass is 486 g/mol. The normalized spacial score (nSPS) is 28.1. The molecule has 0 aromatic heterocycles. The van der Waals surface area contributed by atoms with Gasteiger partial charge in [-0.2, -0.15) is 0 Å². The number of hydrogen-bond donors (Lipinski definition) is 5. The van der Waals surface area contributed by atoms with Crippen LogP contribution in [0.1, 0.15) is 37.3 Å². The largest absolute Gasteiger partial charge is 0.508 e. The van der Waals surface area contributed by atoms with Crippen molar-refractivity contribution in [2.75, 3.05) is 20.7 Å². The van der Waals surface area contributed by atoms with E-state index in [9.17, 15) is 34.8 Å². The maximum Gasteiger partial charge on any atom is 0.255 e. The highest BCUT2D eigenvalue weighted by Gasteiger charge is 2.64. The molecular formula is C25H30N2O8. The van der Waals surface area contributed by atoms with Gasteiger partial charge in [-0.3, -0.25) is 19.3 Å². The fourth-order valence-electron chi connectivity index (χ4n) is 5.68. The van der Waals surface area contributed by atoms with Gasteiger partial charge in [0, 0.05) is 17.1 Å². The predicted octanol–water partition coefficient (Wildman–Crippen LogP) is 1.14. The third kappa shape index (κ3) is 3.51.